The SMILES string of the molecule is CCc1cc2c(=O)n(Cc3ccccc3)c(SC(C)C(=O)Nc3ccc4c(c3)OCO4)nc2s1. The van der Waals surface area contributed by atoms with Crippen molar-refractivity contribution in [1.82, 2.24) is 9.55 Å². The van der Waals surface area contributed by atoms with Gasteiger partial charge in [-0.15, -0.1) is 11.3 Å². The summed E-state index contributed by atoms with van der Waals surface area (Å²) in [7, 11) is 0. The molecule has 4 aromatic rings. The van der Waals surface area contributed by atoms with E-state index in [1.165, 1.54) is 23.1 Å². The molecule has 1 atom stereocenters. The van der Waals surface area contributed by atoms with Crippen molar-refractivity contribution in [3.05, 3.63) is 75.4 Å². The lowest BCUT2D eigenvalue weighted by Crippen LogP contribution is -2.27. The van der Waals surface area contributed by atoms with Crippen LogP contribution >= 0.6 is 23.1 Å². The van der Waals surface area contributed by atoms with E-state index < -0.39 is 5.25 Å². The first kappa shape index (κ1) is 22.5. The van der Waals surface area contributed by atoms with Gasteiger partial charge in [-0.05, 0) is 37.1 Å². The van der Waals surface area contributed by atoms with Crippen LogP contribution in [0.25, 0.3) is 10.2 Å². The molecule has 0 bridgehead atoms. The van der Waals surface area contributed by atoms with Crippen molar-refractivity contribution in [3.8, 4) is 11.5 Å². The number of nitrogens with one attached hydrogen (secondary N) is 1. The van der Waals surface area contributed by atoms with Crippen molar-refractivity contribution in [2.45, 2.75) is 37.2 Å². The van der Waals surface area contributed by atoms with Crippen LogP contribution in [0, 0.1) is 0 Å². The summed E-state index contributed by atoms with van der Waals surface area (Å²) >= 11 is 2.80. The molecule has 2 aromatic heterocycles. The summed E-state index contributed by atoms with van der Waals surface area (Å²) in [4.78, 5) is 33.0. The third-order valence-electron chi connectivity index (χ3n) is 5.49. The van der Waals surface area contributed by atoms with Gasteiger partial charge in [0, 0.05) is 16.6 Å². The van der Waals surface area contributed by atoms with Gasteiger partial charge in [0.2, 0.25) is 12.7 Å². The minimum atomic E-state index is -0.484. The lowest BCUT2D eigenvalue weighted by molar-refractivity contribution is -0.115. The molecule has 0 saturated heterocycles. The second-order valence-electron chi connectivity index (χ2n) is 7.87. The van der Waals surface area contributed by atoms with Crippen LogP contribution in [0.1, 0.15) is 24.3 Å². The number of aromatic nitrogens is 2. The van der Waals surface area contributed by atoms with E-state index in [-0.39, 0.29) is 18.3 Å². The summed E-state index contributed by atoms with van der Waals surface area (Å²) in [5, 5.41) is 3.59. The number of rotatable bonds is 7. The van der Waals surface area contributed by atoms with Crippen molar-refractivity contribution in [1.29, 1.82) is 0 Å². The Balaban J connectivity index is 1.43. The number of carbonyl (C=O) groups is 1. The predicted molar refractivity (Wildman–Crippen MR) is 135 cm³/mol. The Bertz CT molecular complexity index is 1420. The number of carbonyl (C=O) groups excluding carboxylic acids is 1. The van der Waals surface area contributed by atoms with Crippen molar-refractivity contribution in [3.63, 3.8) is 0 Å². The van der Waals surface area contributed by atoms with Gasteiger partial charge < -0.3 is 14.8 Å². The molecule has 3 heterocycles. The van der Waals surface area contributed by atoms with Gasteiger partial charge in [0.25, 0.3) is 5.56 Å². The fourth-order valence-electron chi connectivity index (χ4n) is 3.65. The second kappa shape index (κ2) is 9.52. The van der Waals surface area contributed by atoms with Crippen molar-refractivity contribution in [2.75, 3.05) is 12.1 Å². The normalized spacial score (nSPS) is 13.2. The Morgan fingerprint density at radius 3 is 2.76 bits per heavy atom. The number of benzene rings is 2. The van der Waals surface area contributed by atoms with Gasteiger partial charge in [0.15, 0.2) is 16.7 Å². The summed E-state index contributed by atoms with van der Waals surface area (Å²) < 4.78 is 12.4. The molecule has 1 N–H and O–H groups in total. The lowest BCUT2D eigenvalue weighted by atomic mass is 10.2. The number of ether oxygens (including phenoxy) is 2. The maximum Gasteiger partial charge on any atom is 0.263 e. The molecule has 174 valence electrons. The van der Waals surface area contributed by atoms with Gasteiger partial charge in [-0.2, -0.15) is 0 Å². The van der Waals surface area contributed by atoms with Crippen LogP contribution in [0.4, 0.5) is 5.69 Å². The minimum absolute atomic E-state index is 0.0873. The van der Waals surface area contributed by atoms with Gasteiger partial charge in [-0.25, -0.2) is 4.98 Å². The highest BCUT2D eigenvalue weighted by molar-refractivity contribution is 8.00. The zero-order valence-corrected chi connectivity index (χ0v) is 20.4. The first-order valence-electron chi connectivity index (χ1n) is 11.0. The molecule has 1 aliphatic heterocycles. The largest absolute Gasteiger partial charge is 0.454 e. The van der Waals surface area contributed by atoms with E-state index in [0.717, 1.165) is 16.9 Å². The van der Waals surface area contributed by atoms with Crippen LogP contribution in [0.2, 0.25) is 0 Å². The third kappa shape index (κ3) is 4.53. The zero-order chi connectivity index (χ0) is 23.7. The number of anilines is 1. The van der Waals surface area contributed by atoms with Crippen LogP contribution in [0.5, 0.6) is 11.5 Å². The second-order valence-corrected chi connectivity index (χ2v) is 10.3. The summed E-state index contributed by atoms with van der Waals surface area (Å²) in [5.41, 5.74) is 1.53. The Hall–Kier alpha value is -3.30. The van der Waals surface area contributed by atoms with Crippen molar-refractivity contribution in [2.24, 2.45) is 0 Å². The summed E-state index contributed by atoms with van der Waals surface area (Å²) in [6.07, 6.45) is 0.843. The van der Waals surface area contributed by atoms with E-state index in [1.54, 1.807) is 22.8 Å². The van der Waals surface area contributed by atoms with E-state index in [9.17, 15) is 9.59 Å². The zero-order valence-electron chi connectivity index (χ0n) is 18.7. The smallest absolute Gasteiger partial charge is 0.263 e. The van der Waals surface area contributed by atoms with Crippen LogP contribution in [0.3, 0.4) is 0 Å². The summed E-state index contributed by atoms with van der Waals surface area (Å²) in [6.45, 7) is 4.43. The highest BCUT2D eigenvalue weighted by Gasteiger charge is 2.22. The number of thiophene rings is 1. The molecule has 1 aliphatic rings. The Kier molecular flexibility index (Phi) is 6.30. The van der Waals surface area contributed by atoms with Crippen LogP contribution < -0.4 is 20.3 Å². The first-order chi connectivity index (χ1) is 16.5. The van der Waals surface area contributed by atoms with E-state index in [1.807, 2.05) is 43.3 Å². The summed E-state index contributed by atoms with van der Waals surface area (Å²) in [5.74, 6) is 1.07. The molecule has 7 nitrogen and oxygen atoms in total. The Morgan fingerprint density at radius 1 is 1.18 bits per heavy atom. The maximum atomic E-state index is 13.4. The molecule has 0 fully saturated rings. The number of aryl methyl sites for hydroxylation is 1. The molecule has 0 radical (unpaired) electrons. The number of hydrogen-bond donors (Lipinski definition) is 1. The van der Waals surface area contributed by atoms with Crippen LogP contribution in [0.15, 0.2) is 64.5 Å². The van der Waals surface area contributed by atoms with Gasteiger partial charge >= 0.3 is 0 Å². The van der Waals surface area contributed by atoms with Gasteiger partial charge in [-0.1, -0.05) is 49.0 Å². The highest BCUT2D eigenvalue weighted by atomic mass is 32.2. The molecular formula is C25H23N3O4S2. The number of amides is 1. The van der Waals surface area contributed by atoms with E-state index >= 15 is 0 Å². The predicted octanol–water partition coefficient (Wildman–Crippen LogP) is 4.92. The standard InChI is InChI=1S/C25H23N3O4S2/c1-3-18-12-19-23(34-18)27-25(28(24(19)30)13-16-7-5-4-6-8-16)33-15(2)22(29)26-17-9-10-20-21(11-17)32-14-31-20/h4-12,15H,3,13-14H2,1-2H3,(H,26,29). The number of hydrogen-bond acceptors (Lipinski definition) is 7. The Labute approximate surface area is 204 Å². The first-order valence-corrected chi connectivity index (χ1v) is 12.7. The number of nitrogens with zero attached hydrogens (tertiary/aromatic N) is 2. The van der Waals surface area contributed by atoms with Gasteiger partial charge in [0.05, 0.1) is 17.2 Å². The fraction of sp³-hybridized carbons (Fsp3) is 0.240. The number of fused-ring (bicyclic) bond motifs is 2. The van der Waals surface area contributed by atoms with Crippen molar-refractivity contribution < 1.29 is 14.3 Å². The molecule has 0 saturated carbocycles. The molecule has 5 rings (SSSR count). The molecule has 2 aromatic carbocycles. The Morgan fingerprint density at radius 2 is 1.97 bits per heavy atom. The molecule has 34 heavy (non-hydrogen) atoms. The number of thioether (sulfide) groups is 1. The fourth-order valence-corrected chi connectivity index (χ4v) is 5.56. The van der Waals surface area contributed by atoms with Crippen LogP contribution in [-0.2, 0) is 17.8 Å². The lowest BCUT2D eigenvalue weighted by Gasteiger charge is -2.16. The highest BCUT2D eigenvalue weighted by Crippen LogP contribution is 2.34. The molecule has 9 heteroatoms. The van der Waals surface area contributed by atoms with Gasteiger partial charge in [0.1, 0.15) is 4.83 Å². The van der Waals surface area contributed by atoms with Gasteiger partial charge in [-0.3, -0.25) is 14.2 Å². The quantitative estimate of drug-likeness (QED) is 0.291. The molecule has 0 aliphatic carbocycles. The van der Waals surface area contributed by atoms with E-state index in [2.05, 4.69) is 12.2 Å². The minimum Gasteiger partial charge on any atom is -0.454 e. The third-order valence-corrected chi connectivity index (χ3v) is 7.75. The molecule has 1 unspecified atom stereocenters. The topological polar surface area (TPSA) is 82.5 Å². The average molecular weight is 494 g/mol. The molecular weight excluding hydrogens is 470 g/mol. The molecule has 0 spiro atoms. The summed E-state index contributed by atoms with van der Waals surface area (Å²) in [6, 6.07) is 17.0. The maximum absolute atomic E-state index is 13.4. The van der Waals surface area contributed by atoms with Crippen LogP contribution in [-0.4, -0.2) is 27.5 Å². The monoisotopic (exact) mass is 493 g/mol. The van der Waals surface area contributed by atoms with Crippen molar-refractivity contribution >= 4 is 44.9 Å². The van der Waals surface area contributed by atoms with E-state index in [4.69, 9.17) is 14.5 Å². The average Bonchev–Trinajstić information content (AvgIpc) is 3.48. The molecule has 1 amide bonds. The van der Waals surface area contributed by atoms with E-state index in [0.29, 0.717) is 39.1 Å².